The Hall–Kier alpha value is -4.02. The lowest BCUT2D eigenvalue weighted by molar-refractivity contribution is -0.124. The highest BCUT2D eigenvalue weighted by molar-refractivity contribution is 7.99. The SMILES string of the molecule is N/N=N\Nc1ccc(Cl)cc1/C=C/C(=O)NC1(C(=O)Nc2ccc(N3CCSCC3)cc2)CC1c1ccccc1. The minimum atomic E-state index is -1.07. The summed E-state index contributed by atoms with van der Waals surface area (Å²) in [6.45, 7) is 2.03. The average Bonchev–Trinajstić information content (AvgIpc) is 3.72. The lowest BCUT2D eigenvalue weighted by atomic mass is 10.0. The van der Waals surface area contributed by atoms with Crippen molar-refractivity contribution in [2.24, 2.45) is 16.3 Å². The number of nitrogens with zero attached hydrogens (tertiary/aromatic N) is 3. The van der Waals surface area contributed by atoms with Gasteiger partial charge in [-0.25, -0.2) is 0 Å². The number of halogens is 1. The van der Waals surface area contributed by atoms with Crippen LogP contribution < -0.4 is 26.8 Å². The molecule has 206 valence electrons. The molecule has 1 heterocycles. The van der Waals surface area contributed by atoms with Crippen molar-refractivity contribution in [3.05, 3.63) is 95.0 Å². The summed E-state index contributed by atoms with van der Waals surface area (Å²) in [4.78, 5) is 29.2. The maximum absolute atomic E-state index is 13.7. The summed E-state index contributed by atoms with van der Waals surface area (Å²) in [6, 6.07) is 22.7. The van der Waals surface area contributed by atoms with Gasteiger partial charge in [-0.2, -0.15) is 11.8 Å². The summed E-state index contributed by atoms with van der Waals surface area (Å²) < 4.78 is 0. The molecule has 1 saturated carbocycles. The second-order valence-corrected chi connectivity index (χ2v) is 11.3. The summed E-state index contributed by atoms with van der Waals surface area (Å²) in [6.07, 6.45) is 3.46. The molecular weight excluding hydrogens is 546 g/mol. The van der Waals surface area contributed by atoms with Crippen molar-refractivity contribution in [3.8, 4) is 0 Å². The molecule has 0 spiro atoms. The molecule has 2 fully saturated rings. The molecule has 0 aromatic heterocycles. The molecule has 3 aromatic carbocycles. The molecule has 3 aromatic rings. The molecule has 9 nitrogen and oxygen atoms in total. The third-order valence-corrected chi connectivity index (χ3v) is 8.25. The molecule has 1 aliphatic carbocycles. The molecular formula is C29H30ClN7O2S. The Morgan fingerprint density at radius 3 is 2.52 bits per heavy atom. The van der Waals surface area contributed by atoms with E-state index in [2.05, 4.69) is 31.4 Å². The first-order chi connectivity index (χ1) is 19.5. The summed E-state index contributed by atoms with van der Waals surface area (Å²) in [7, 11) is 0. The first kappa shape index (κ1) is 27.5. The number of nitrogens with one attached hydrogen (secondary N) is 3. The highest BCUT2D eigenvalue weighted by atomic mass is 35.5. The highest BCUT2D eigenvalue weighted by Gasteiger charge is 2.61. The van der Waals surface area contributed by atoms with Crippen molar-refractivity contribution < 1.29 is 9.59 Å². The van der Waals surface area contributed by atoms with Crippen molar-refractivity contribution in [2.45, 2.75) is 17.9 Å². The van der Waals surface area contributed by atoms with Crippen LogP contribution in [0.15, 0.2) is 89.3 Å². The Balaban J connectivity index is 1.32. The largest absolute Gasteiger partial charge is 0.370 e. The van der Waals surface area contributed by atoms with Crippen molar-refractivity contribution >= 4 is 58.3 Å². The van der Waals surface area contributed by atoms with E-state index in [4.69, 9.17) is 17.4 Å². The van der Waals surface area contributed by atoms with Gasteiger partial charge in [0.15, 0.2) is 0 Å². The molecule has 11 heteroatoms. The second-order valence-electron chi connectivity index (χ2n) is 9.62. The van der Waals surface area contributed by atoms with Gasteiger partial charge in [0.2, 0.25) is 5.91 Å². The zero-order chi connectivity index (χ0) is 28.0. The summed E-state index contributed by atoms with van der Waals surface area (Å²) in [5.41, 5.74) is 5.62. The fraction of sp³-hybridized carbons (Fsp3) is 0.241. The standard InChI is InChI=1S/C29H30ClN7O2S/c30-22-7-12-26(34-36-35-31)21(18-22)6-13-27(38)33-29(19-25(29)20-4-2-1-3-5-20)28(39)32-23-8-10-24(11-9-23)37-14-16-40-17-15-37/h1-13,18,25H,14-17,19H2,(H2,31,36)(H,32,39)(H,33,38)(H,34,35)/b13-6+. The van der Waals surface area contributed by atoms with E-state index in [1.165, 1.54) is 6.08 Å². The maximum Gasteiger partial charge on any atom is 0.250 e. The monoisotopic (exact) mass is 575 g/mol. The van der Waals surface area contributed by atoms with Crippen LogP contribution in [-0.2, 0) is 9.59 Å². The maximum atomic E-state index is 13.7. The van der Waals surface area contributed by atoms with Gasteiger partial charge in [-0.05, 0) is 60.5 Å². The number of carbonyl (C=O) groups is 2. The third kappa shape index (κ3) is 6.40. The number of anilines is 3. The zero-order valence-corrected chi connectivity index (χ0v) is 23.3. The van der Waals surface area contributed by atoms with Gasteiger partial charge in [-0.15, -0.1) is 0 Å². The van der Waals surface area contributed by atoms with Crippen LogP contribution in [-0.4, -0.2) is 41.9 Å². The number of thioether (sulfide) groups is 1. The molecule has 5 rings (SSSR count). The number of rotatable bonds is 9. The lowest BCUT2D eigenvalue weighted by Crippen LogP contribution is -2.47. The summed E-state index contributed by atoms with van der Waals surface area (Å²) >= 11 is 8.11. The Morgan fingerprint density at radius 2 is 1.80 bits per heavy atom. The smallest absolute Gasteiger partial charge is 0.250 e. The van der Waals surface area contributed by atoms with E-state index in [9.17, 15) is 9.59 Å². The zero-order valence-electron chi connectivity index (χ0n) is 21.7. The molecule has 2 aliphatic rings. The van der Waals surface area contributed by atoms with E-state index >= 15 is 0 Å². The van der Waals surface area contributed by atoms with Gasteiger partial charge in [0, 0.05) is 58.6 Å². The van der Waals surface area contributed by atoms with Crippen LogP contribution in [0.5, 0.6) is 0 Å². The molecule has 5 N–H and O–H groups in total. The van der Waals surface area contributed by atoms with Crippen LogP contribution in [0.1, 0.15) is 23.5 Å². The number of nitrogens with two attached hydrogens (primary N) is 1. The molecule has 1 saturated heterocycles. The second kappa shape index (κ2) is 12.4. The third-order valence-electron chi connectivity index (χ3n) is 7.07. The number of carbonyl (C=O) groups excluding carboxylic acids is 2. The van der Waals surface area contributed by atoms with Crippen LogP contribution in [0.2, 0.25) is 5.02 Å². The van der Waals surface area contributed by atoms with Crippen molar-refractivity contribution in [2.75, 3.05) is 40.2 Å². The average molecular weight is 576 g/mol. The van der Waals surface area contributed by atoms with Gasteiger partial charge in [0.05, 0.1) is 5.69 Å². The molecule has 2 unspecified atom stereocenters. The Kier molecular flexibility index (Phi) is 8.57. The van der Waals surface area contributed by atoms with Crippen LogP contribution in [0.4, 0.5) is 17.1 Å². The Bertz CT molecular complexity index is 1410. The van der Waals surface area contributed by atoms with Crippen LogP contribution >= 0.6 is 23.4 Å². The topological polar surface area (TPSA) is 124 Å². The van der Waals surface area contributed by atoms with Gasteiger partial charge in [-0.1, -0.05) is 52.4 Å². The van der Waals surface area contributed by atoms with Crippen LogP contribution in [0.3, 0.4) is 0 Å². The van der Waals surface area contributed by atoms with Gasteiger partial charge < -0.3 is 21.4 Å². The Morgan fingerprint density at radius 1 is 1.05 bits per heavy atom. The number of hydrogen-bond acceptors (Lipinski definition) is 6. The molecule has 2 amide bonds. The van der Waals surface area contributed by atoms with Gasteiger partial charge >= 0.3 is 0 Å². The predicted octanol–water partition coefficient (Wildman–Crippen LogP) is 5.24. The summed E-state index contributed by atoms with van der Waals surface area (Å²) in [5.74, 6) is 6.51. The van der Waals surface area contributed by atoms with Crippen molar-refractivity contribution in [1.82, 2.24) is 5.32 Å². The van der Waals surface area contributed by atoms with E-state index < -0.39 is 11.4 Å². The first-order valence-electron chi connectivity index (χ1n) is 12.9. The molecule has 0 bridgehead atoms. The number of amides is 2. The van der Waals surface area contributed by atoms with E-state index in [0.717, 1.165) is 35.8 Å². The number of benzene rings is 3. The first-order valence-corrected chi connectivity index (χ1v) is 14.5. The van der Waals surface area contributed by atoms with Crippen molar-refractivity contribution in [3.63, 3.8) is 0 Å². The minimum absolute atomic E-state index is 0.149. The van der Waals surface area contributed by atoms with Gasteiger partial charge in [0.1, 0.15) is 5.54 Å². The van der Waals surface area contributed by atoms with E-state index in [0.29, 0.717) is 28.4 Å². The highest BCUT2D eigenvalue weighted by Crippen LogP contribution is 2.52. The fourth-order valence-corrected chi connectivity index (χ4v) is 5.98. The molecule has 0 radical (unpaired) electrons. The Labute approximate surface area is 242 Å². The normalized spacial score (nSPS) is 20.4. The van der Waals surface area contributed by atoms with Crippen molar-refractivity contribution in [1.29, 1.82) is 0 Å². The quantitative estimate of drug-likeness (QED) is 0.120. The van der Waals surface area contributed by atoms with E-state index in [-0.39, 0.29) is 11.8 Å². The molecule has 40 heavy (non-hydrogen) atoms. The van der Waals surface area contributed by atoms with E-state index in [1.54, 1.807) is 24.3 Å². The van der Waals surface area contributed by atoms with Gasteiger partial charge in [0.25, 0.3) is 5.91 Å². The van der Waals surface area contributed by atoms with Crippen LogP contribution in [0, 0.1) is 0 Å². The van der Waals surface area contributed by atoms with Crippen LogP contribution in [0.25, 0.3) is 6.08 Å². The lowest BCUT2D eigenvalue weighted by Gasteiger charge is -2.28. The number of hydrogen-bond donors (Lipinski definition) is 4. The summed E-state index contributed by atoms with van der Waals surface area (Å²) in [5, 5.41) is 13.3. The molecule has 2 atom stereocenters. The van der Waals surface area contributed by atoms with Gasteiger partial charge in [-0.3, -0.25) is 15.0 Å². The van der Waals surface area contributed by atoms with E-state index in [1.807, 2.05) is 66.4 Å². The molecule has 1 aliphatic heterocycles. The minimum Gasteiger partial charge on any atom is -0.370 e. The fourth-order valence-electron chi connectivity index (χ4n) is 4.90. The predicted molar refractivity (Wildman–Crippen MR) is 162 cm³/mol.